The topological polar surface area (TPSA) is 61.4 Å². The van der Waals surface area contributed by atoms with Crippen molar-refractivity contribution in [2.45, 2.75) is 18.6 Å². The van der Waals surface area contributed by atoms with Gasteiger partial charge in [0.25, 0.3) is 0 Å². The van der Waals surface area contributed by atoms with Gasteiger partial charge in [-0.3, -0.25) is 4.79 Å². The summed E-state index contributed by atoms with van der Waals surface area (Å²) < 4.78 is 0. The number of amides is 1. The molecule has 1 aromatic rings. The minimum absolute atomic E-state index is 0. The molecule has 1 aromatic heterocycles. The first-order valence-electron chi connectivity index (χ1n) is 4.50. The summed E-state index contributed by atoms with van der Waals surface area (Å²) in [4.78, 5) is 11.6. The van der Waals surface area contributed by atoms with Crippen LogP contribution in [0.2, 0.25) is 0 Å². The summed E-state index contributed by atoms with van der Waals surface area (Å²) in [6.45, 7) is 0.502. The van der Waals surface area contributed by atoms with Crippen molar-refractivity contribution in [1.82, 2.24) is 5.32 Å². The molecule has 0 spiro atoms. The second kappa shape index (κ2) is 5.46. The average Bonchev–Trinajstić information content (AvgIpc) is 2.75. The summed E-state index contributed by atoms with van der Waals surface area (Å²) in [6, 6.07) is 1.60. The summed E-state index contributed by atoms with van der Waals surface area (Å²) in [5, 5.41) is 18.8. The number of aliphatic hydroxyl groups is 1. The van der Waals surface area contributed by atoms with Crippen molar-refractivity contribution in [3.63, 3.8) is 0 Å². The van der Waals surface area contributed by atoms with E-state index in [9.17, 15) is 9.90 Å². The highest BCUT2D eigenvalue weighted by atomic mass is 35.5. The van der Waals surface area contributed by atoms with Crippen LogP contribution in [-0.2, 0) is 4.79 Å². The van der Waals surface area contributed by atoms with Gasteiger partial charge in [0.2, 0.25) is 5.91 Å². The number of hydrogen-bond acceptors (Lipinski definition) is 4. The standard InChI is InChI=1S/C9H12N2O2S.ClH/c12-7-3-8(10-4-7)9(13)11-6-1-2-14-5-6;/h1-2,5,7-8,10,12H,3-4H2,(H,11,13);1H/t7-,8-;/m1./s1. The highest BCUT2D eigenvalue weighted by Crippen LogP contribution is 2.14. The molecular formula is C9H13ClN2O2S. The van der Waals surface area contributed by atoms with Crippen molar-refractivity contribution >= 4 is 35.3 Å². The minimum atomic E-state index is -0.395. The van der Waals surface area contributed by atoms with Gasteiger partial charge in [-0.25, -0.2) is 0 Å². The molecule has 1 saturated heterocycles. The van der Waals surface area contributed by atoms with Crippen molar-refractivity contribution in [2.75, 3.05) is 11.9 Å². The van der Waals surface area contributed by atoms with Gasteiger partial charge < -0.3 is 15.7 Å². The number of carbonyl (C=O) groups excluding carboxylic acids is 1. The van der Waals surface area contributed by atoms with Crippen LogP contribution in [0.15, 0.2) is 16.8 Å². The van der Waals surface area contributed by atoms with Crippen molar-refractivity contribution in [1.29, 1.82) is 0 Å². The van der Waals surface area contributed by atoms with Crippen LogP contribution in [0.4, 0.5) is 5.69 Å². The molecule has 1 amide bonds. The lowest BCUT2D eigenvalue weighted by Gasteiger charge is -2.09. The maximum absolute atomic E-state index is 11.6. The Balaban J connectivity index is 0.00000112. The van der Waals surface area contributed by atoms with Crippen molar-refractivity contribution < 1.29 is 9.90 Å². The van der Waals surface area contributed by atoms with E-state index in [1.165, 1.54) is 0 Å². The van der Waals surface area contributed by atoms with Gasteiger partial charge in [-0.1, -0.05) is 0 Å². The first-order valence-corrected chi connectivity index (χ1v) is 5.44. The summed E-state index contributed by atoms with van der Waals surface area (Å²) in [6.07, 6.45) is 0.101. The first-order chi connectivity index (χ1) is 6.75. The van der Waals surface area contributed by atoms with E-state index in [2.05, 4.69) is 10.6 Å². The minimum Gasteiger partial charge on any atom is -0.392 e. The molecule has 84 valence electrons. The van der Waals surface area contributed by atoms with Crippen LogP contribution in [0.25, 0.3) is 0 Å². The zero-order valence-electron chi connectivity index (χ0n) is 7.97. The van der Waals surface area contributed by atoms with Gasteiger partial charge in [0.05, 0.1) is 17.8 Å². The third kappa shape index (κ3) is 3.17. The fourth-order valence-electron chi connectivity index (χ4n) is 1.48. The van der Waals surface area contributed by atoms with Crippen LogP contribution >= 0.6 is 23.7 Å². The van der Waals surface area contributed by atoms with Gasteiger partial charge in [-0.15, -0.1) is 12.4 Å². The number of halogens is 1. The number of aliphatic hydroxyl groups excluding tert-OH is 1. The first kappa shape index (κ1) is 12.4. The Hall–Kier alpha value is -0.620. The number of carbonyl (C=O) groups is 1. The number of hydrogen-bond donors (Lipinski definition) is 3. The van der Waals surface area contributed by atoms with E-state index in [4.69, 9.17) is 0 Å². The molecule has 1 aliphatic heterocycles. The summed E-state index contributed by atoms with van der Waals surface area (Å²) in [5.74, 6) is -0.0695. The predicted molar refractivity (Wildman–Crippen MR) is 62.6 cm³/mol. The Morgan fingerprint density at radius 2 is 2.47 bits per heavy atom. The van der Waals surface area contributed by atoms with Crippen LogP contribution in [0, 0.1) is 0 Å². The van der Waals surface area contributed by atoms with Crippen molar-refractivity contribution in [2.24, 2.45) is 0 Å². The zero-order valence-corrected chi connectivity index (χ0v) is 9.61. The maximum Gasteiger partial charge on any atom is 0.241 e. The Kier molecular flexibility index (Phi) is 4.53. The molecular weight excluding hydrogens is 236 g/mol. The highest BCUT2D eigenvalue weighted by Gasteiger charge is 2.27. The van der Waals surface area contributed by atoms with E-state index in [0.29, 0.717) is 13.0 Å². The lowest BCUT2D eigenvalue weighted by Crippen LogP contribution is -2.35. The van der Waals surface area contributed by atoms with Gasteiger partial charge in [0.15, 0.2) is 0 Å². The monoisotopic (exact) mass is 248 g/mol. The predicted octanol–water partition coefficient (Wildman–Crippen LogP) is 0.831. The molecule has 0 aromatic carbocycles. The molecule has 15 heavy (non-hydrogen) atoms. The molecule has 1 aliphatic rings. The molecule has 3 N–H and O–H groups in total. The molecule has 0 aliphatic carbocycles. The van der Waals surface area contributed by atoms with Gasteiger partial charge in [0.1, 0.15) is 0 Å². The molecule has 4 nitrogen and oxygen atoms in total. The number of anilines is 1. The van der Waals surface area contributed by atoms with Crippen LogP contribution in [0.1, 0.15) is 6.42 Å². The molecule has 6 heteroatoms. The lowest BCUT2D eigenvalue weighted by molar-refractivity contribution is -0.117. The quantitative estimate of drug-likeness (QED) is 0.727. The molecule has 0 radical (unpaired) electrons. The maximum atomic E-state index is 11.6. The largest absolute Gasteiger partial charge is 0.392 e. The van der Waals surface area contributed by atoms with E-state index in [1.54, 1.807) is 11.3 Å². The van der Waals surface area contributed by atoms with Crippen LogP contribution < -0.4 is 10.6 Å². The van der Waals surface area contributed by atoms with E-state index >= 15 is 0 Å². The van der Waals surface area contributed by atoms with E-state index in [-0.39, 0.29) is 24.4 Å². The smallest absolute Gasteiger partial charge is 0.241 e. The van der Waals surface area contributed by atoms with Crippen molar-refractivity contribution in [3.8, 4) is 0 Å². The number of rotatable bonds is 2. The summed E-state index contributed by atoms with van der Waals surface area (Å²) >= 11 is 1.54. The van der Waals surface area contributed by atoms with Crippen LogP contribution in [0.3, 0.4) is 0 Å². The summed E-state index contributed by atoms with van der Waals surface area (Å²) in [7, 11) is 0. The molecule has 2 rings (SSSR count). The van der Waals surface area contributed by atoms with Gasteiger partial charge in [-0.05, 0) is 17.9 Å². The molecule has 1 fully saturated rings. The van der Waals surface area contributed by atoms with Gasteiger partial charge >= 0.3 is 0 Å². The van der Waals surface area contributed by atoms with Crippen LogP contribution in [-0.4, -0.2) is 29.7 Å². The number of thiophene rings is 1. The molecule has 0 unspecified atom stereocenters. The number of β-amino-alcohol motifs (C(OH)–C–C–N with tert-alkyl or cyclic N) is 1. The molecule has 2 heterocycles. The fourth-order valence-corrected chi connectivity index (χ4v) is 2.07. The SMILES string of the molecule is Cl.O=C(Nc1ccsc1)[C@H]1C[C@@H](O)CN1. The highest BCUT2D eigenvalue weighted by molar-refractivity contribution is 7.08. The fraction of sp³-hybridized carbons (Fsp3) is 0.444. The number of nitrogens with one attached hydrogen (secondary N) is 2. The third-order valence-corrected chi connectivity index (χ3v) is 2.90. The molecule has 0 saturated carbocycles. The average molecular weight is 249 g/mol. The lowest BCUT2D eigenvalue weighted by atomic mass is 10.2. The third-order valence-electron chi connectivity index (χ3n) is 2.21. The van der Waals surface area contributed by atoms with Crippen LogP contribution in [0.5, 0.6) is 0 Å². The second-order valence-electron chi connectivity index (χ2n) is 3.35. The van der Waals surface area contributed by atoms with Gasteiger partial charge in [0, 0.05) is 11.9 Å². The van der Waals surface area contributed by atoms with E-state index < -0.39 is 6.10 Å². The van der Waals surface area contributed by atoms with E-state index in [0.717, 1.165) is 5.69 Å². The van der Waals surface area contributed by atoms with Crippen molar-refractivity contribution in [3.05, 3.63) is 16.8 Å². The molecule has 0 bridgehead atoms. The Labute approximate surface area is 98.1 Å². The molecule has 2 atom stereocenters. The Morgan fingerprint density at radius 1 is 1.67 bits per heavy atom. The second-order valence-corrected chi connectivity index (χ2v) is 4.13. The normalized spacial score (nSPS) is 24.6. The van der Waals surface area contributed by atoms with Gasteiger partial charge in [-0.2, -0.15) is 11.3 Å². The zero-order chi connectivity index (χ0) is 9.97. The van der Waals surface area contributed by atoms with E-state index in [1.807, 2.05) is 16.8 Å². The Morgan fingerprint density at radius 3 is 3.00 bits per heavy atom. The summed E-state index contributed by atoms with van der Waals surface area (Å²) in [5.41, 5.74) is 0.822. The Bertz CT molecular complexity index is 318.